The minimum atomic E-state index is -0.322. The first-order chi connectivity index (χ1) is 13.1. The Morgan fingerprint density at radius 1 is 1.18 bits per heavy atom. The van der Waals surface area contributed by atoms with Crippen molar-refractivity contribution < 1.29 is 4.74 Å². The second-order valence-corrected chi connectivity index (χ2v) is 7.07. The van der Waals surface area contributed by atoms with Gasteiger partial charge in [0.15, 0.2) is 0 Å². The molecule has 0 saturated heterocycles. The summed E-state index contributed by atoms with van der Waals surface area (Å²) < 4.78 is 6.15. The van der Waals surface area contributed by atoms with Crippen LogP contribution < -0.4 is 15.6 Å². The summed E-state index contributed by atoms with van der Waals surface area (Å²) in [7, 11) is 0. The first-order valence-electron chi connectivity index (χ1n) is 8.41. The molecule has 0 fully saturated rings. The van der Waals surface area contributed by atoms with Crippen LogP contribution in [0.4, 0.5) is 5.69 Å². The molecule has 0 atom stereocenters. The van der Waals surface area contributed by atoms with Crippen molar-refractivity contribution in [1.82, 2.24) is 15.2 Å². The molecule has 3 aromatic rings. The zero-order valence-electron chi connectivity index (χ0n) is 14.8. The zero-order valence-corrected chi connectivity index (χ0v) is 18.0. The fourth-order valence-electron chi connectivity index (χ4n) is 2.46. The number of H-pyrrole nitrogens is 1. The van der Waals surface area contributed by atoms with Gasteiger partial charge in [-0.05, 0) is 58.1 Å². The van der Waals surface area contributed by atoms with Crippen LogP contribution in [0.1, 0.15) is 17.5 Å². The van der Waals surface area contributed by atoms with Gasteiger partial charge in [0.25, 0.3) is 11.4 Å². The molecule has 0 spiro atoms. The largest absolute Gasteiger partial charge is 0.475 e. The third kappa shape index (κ3) is 6.22. The average Bonchev–Trinajstić information content (AvgIpc) is 2.69. The van der Waals surface area contributed by atoms with Crippen LogP contribution in [0.2, 0.25) is 5.02 Å². The third-order valence-electron chi connectivity index (χ3n) is 3.85. The van der Waals surface area contributed by atoms with Gasteiger partial charge in [-0.2, -0.15) is 0 Å². The van der Waals surface area contributed by atoms with Crippen molar-refractivity contribution in [1.29, 1.82) is 0 Å². The number of aromatic amines is 1. The van der Waals surface area contributed by atoms with E-state index >= 15 is 0 Å². The molecule has 0 saturated carbocycles. The second-order valence-electron chi connectivity index (χ2n) is 5.84. The minimum absolute atomic E-state index is 0. The SMILES string of the molecule is Cl.O=c1[nH]nc(OCCCc2ccc(Cl)cc2)c(NCc2cccnc2)c1Br. The highest BCUT2D eigenvalue weighted by molar-refractivity contribution is 9.10. The van der Waals surface area contributed by atoms with Crippen molar-refractivity contribution in [3.63, 3.8) is 0 Å². The van der Waals surface area contributed by atoms with Crippen LogP contribution in [0, 0.1) is 0 Å². The summed E-state index contributed by atoms with van der Waals surface area (Å²) in [5.74, 6) is 0.349. The van der Waals surface area contributed by atoms with Gasteiger partial charge < -0.3 is 10.1 Å². The summed E-state index contributed by atoms with van der Waals surface area (Å²) in [5, 5.41) is 10.4. The number of hydrogen-bond acceptors (Lipinski definition) is 5. The number of nitrogens with one attached hydrogen (secondary N) is 2. The highest BCUT2D eigenvalue weighted by Gasteiger charge is 2.13. The van der Waals surface area contributed by atoms with E-state index in [4.69, 9.17) is 16.3 Å². The van der Waals surface area contributed by atoms with Crippen LogP contribution in [0.5, 0.6) is 5.88 Å². The molecule has 9 heteroatoms. The summed E-state index contributed by atoms with van der Waals surface area (Å²) in [4.78, 5) is 15.9. The molecule has 3 rings (SSSR count). The molecule has 0 unspecified atom stereocenters. The molecule has 2 aromatic heterocycles. The van der Waals surface area contributed by atoms with E-state index in [2.05, 4.69) is 36.4 Å². The van der Waals surface area contributed by atoms with Gasteiger partial charge in [-0.1, -0.05) is 29.8 Å². The van der Waals surface area contributed by atoms with Crippen molar-refractivity contribution in [2.45, 2.75) is 19.4 Å². The molecule has 0 aliphatic rings. The first-order valence-corrected chi connectivity index (χ1v) is 9.59. The lowest BCUT2D eigenvalue weighted by atomic mass is 10.1. The second kappa shape index (κ2) is 11.0. The molecule has 2 heterocycles. The Bertz CT molecular complexity index is 937. The van der Waals surface area contributed by atoms with Crippen LogP contribution >= 0.6 is 39.9 Å². The Labute approximate surface area is 182 Å². The van der Waals surface area contributed by atoms with Crippen LogP contribution in [0.3, 0.4) is 0 Å². The maximum Gasteiger partial charge on any atom is 0.280 e. The topological polar surface area (TPSA) is 79.9 Å². The van der Waals surface area contributed by atoms with E-state index in [9.17, 15) is 4.79 Å². The van der Waals surface area contributed by atoms with E-state index < -0.39 is 0 Å². The maximum atomic E-state index is 11.9. The number of halogens is 3. The van der Waals surface area contributed by atoms with Crippen molar-refractivity contribution in [3.8, 4) is 5.88 Å². The predicted octanol–water partition coefficient (Wildman–Crippen LogP) is 4.63. The Morgan fingerprint density at radius 2 is 1.96 bits per heavy atom. The highest BCUT2D eigenvalue weighted by Crippen LogP contribution is 2.27. The van der Waals surface area contributed by atoms with Crippen LogP contribution in [0.15, 0.2) is 58.1 Å². The maximum absolute atomic E-state index is 11.9. The Morgan fingerprint density at radius 3 is 2.68 bits per heavy atom. The Kier molecular flexibility index (Phi) is 8.76. The lowest BCUT2D eigenvalue weighted by molar-refractivity contribution is 0.296. The summed E-state index contributed by atoms with van der Waals surface area (Å²) >= 11 is 9.20. The molecular weight excluding hydrogens is 467 g/mol. The number of ether oxygens (including phenoxy) is 1. The number of aromatic nitrogens is 3. The average molecular weight is 486 g/mol. The Hall–Kier alpha value is -2.09. The molecule has 28 heavy (non-hydrogen) atoms. The van der Waals surface area contributed by atoms with Crippen LogP contribution in [0.25, 0.3) is 0 Å². The number of hydrogen-bond donors (Lipinski definition) is 2. The molecular formula is C19H19BrCl2N4O2. The molecule has 148 valence electrons. The van der Waals surface area contributed by atoms with Gasteiger partial charge in [-0.25, -0.2) is 5.10 Å². The van der Waals surface area contributed by atoms with Gasteiger partial charge in [0, 0.05) is 24.0 Å². The molecule has 1 aromatic carbocycles. The molecule has 0 aliphatic heterocycles. The van der Waals surface area contributed by atoms with Crippen molar-refractivity contribution in [2.75, 3.05) is 11.9 Å². The van der Waals surface area contributed by atoms with Crippen molar-refractivity contribution in [3.05, 3.63) is 79.8 Å². The van der Waals surface area contributed by atoms with Gasteiger partial charge in [-0.3, -0.25) is 9.78 Å². The fraction of sp³-hybridized carbons (Fsp3) is 0.211. The quantitative estimate of drug-likeness (QED) is 0.455. The standard InChI is InChI=1S/C19H18BrClN4O2.ClH/c20-16-17(23-12-14-3-1-9-22-11-14)19(25-24-18(16)26)27-10-2-4-13-5-7-15(21)8-6-13;/h1,3,5-9,11H,2,4,10,12H2,(H2,23,24,26);1H. The number of nitrogens with zero attached hydrogens (tertiary/aromatic N) is 2. The highest BCUT2D eigenvalue weighted by atomic mass is 79.9. The van der Waals surface area contributed by atoms with E-state index in [0.717, 1.165) is 23.4 Å². The summed E-state index contributed by atoms with van der Waals surface area (Å²) in [6.45, 7) is 0.967. The molecule has 0 aliphatic carbocycles. The molecule has 0 amide bonds. The molecule has 0 bridgehead atoms. The van der Waals surface area contributed by atoms with Gasteiger partial charge in [0.2, 0.25) is 0 Å². The number of anilines is 1. The lowest BCUT2D eigenvalue weighted by Crippen LogP contribution is -2.15. The number of benzene rings is 1. The third-order valence-corrected chi connectivity index (χ3v) is 4.85. The van der Waals surface area contributed by atoms with E-state index in [-0.39, 0.29) is 18.0 Å². The predicted molar refractivity (Wildman–Crippen MR) is 117 cm³/mol. The summed E-state index contributed by atoms with van der Waals surface area (Å²) in [6.07, 6.45) is 5.14. The van der Waals surface area contributed by atoms with Gasteiger partial charge >= 0.3 is 0 Å². The number of rotatable bonds is 8. The van der Waals surface area contributed by atoms with Crippen molar-refractivity contribution in [2.24, 2.45) is 0 Å². The number of pyridine rings is 1. The van der Waals surface area contributed by atoms with Crippen LogP contribution in [-0.4, -0.2) is 21.8 Å². The first kappa shape index (κ1) is 22.2. The Balaban J connectivity index is 0.00000280. The summed E-state index contributed by atoms with van der Waals surface area (Å²) in [6, 6.07) is 11.5. The molecule has 2 N–H and O–H groups in total. The molecule has 0 radical (unpaired) electrons. The minimum Gasteiger partial charge on any atom is -0.475 e. The van der Waals surface area contributed by atoms with Gasteiger partial charge in [0.1, 0.15) is 10.2 Å². The van der Waals surface area contributed by atoms with Crippen molar-refractivity contribution >= 4 is 45.6 Å². The lowest BCUT2D eigenvalue weighted by Gasteiger charge is -2.13. The summed E-state index contributed by atoms with van der Waals surface area (Å²) in [5.41, 5.74) is 2.37. The smallest absolute Gasteiger partial charge is 0.280 e. The molecule has 6 nitrogen and oxygen atoms in total. The number of aryl methyl sites for hydroxylation is 1. The van der Waals surface area contributed by atoms with Crippen LogP contribution in [-0.2, 0) is 13.0 Å². The van der Waals surface area contributed by atoms with Gasteiger partial charge in [0.05, 0.1) is 6.61 Å². The zero-order chi connectivity index (χ0) is 19.1. The van der Waals surface area contributed by atoms with E-state index in [1.54, 1.807) is 12.4 Å². The van der Waals surface area contributed by atoms with Gasteiger partial charge in [-0.15, -0.1) is 17.5 Å². The van der Waals surface area contributed by atoms with E-state index in [1.807, 2.05) is 36.4 Å². The van der Waals surface area contributed by atoms with E-state index in [1.165, 1.54) is 5.56 Å². The fourth-order valence-corrected chi connectivity index (χ4v) is 2.99. The monoisotopic (exact) mass is 484 g/mol. The normalized spacial score (nSPS) is 10.2. The van der Waals surface area contributed by atoms with E-state index in [0.29, 0.717) is 29.2 Å².